The van der Waals surface area contributed by atoms with Gasteiger partial charge in [-0.3, -0.25) is 4.90 Å². The van der Waals surface area contributed by atoms with Crippen LogP contribution in [0.15, 0.2) is 21.5 Å². The van der Waals surface area contributed by atoms with E-state index in [2.05, 4.69) is 25.6 Å². The Hall–Kier alpha value is -0.740. The van der Waals surface area contributed by atoms with Gasteiger partial charge in [-0.25, -0.2) is 17.5 Å². The van der Waals surface area contributed by atoms with Gasteiger partial charge in [0.25, 0.3) is 0 Å². The van der Waals surface area contributed by atoms with Crippen LogP contribution >= 0.6 is 15.9 Å². The van der Waals surface area contributed by atoms with Crippen LogP contribution < -0.4 is 10.5 Å². The van der Waals surface area contributed by atoms with Gasteiger partial charge in [0.2, 0.25) is 10.0 Å². The second kappa shape index (κ2) is 7.01. The van der Waals surface area contributed by atoms with E-state index in [1.54, 1.807) is 0 Å². The molecule has 118 valence electrons. The number of benzene rings is 1. The number of halogens is 2. The van der Waals surface area contributed by atoms with E-state index in [4.69, 9.17) is 10.5 Å². The fraction of sp³-hybridized carbons (Fsp3) is 0.500. The van der Waals surface area contributed by atoms with Crippen LogP contribution in [0.5, 0.6) is 0 Å². The summed E-state index contributed by atoms with van der Waals surface area (Å²) in [5.41, 5.74) is 5.47. The van der Waals surface area contributed by atoms with Crippen molar-refractivity contribution in [2.45, 2.75) is 4.90 Å². The number of hydrogen-bond donors (Lipinski definition) is 2. The molecule has 0 aromatic heterocycles. The monoisotopic (exact) mass is 381 g/mol. The average molecular weight is 382 g/mol. The van der Waals surface area contributed by atoms with Crippen LogP contribution in [0.25, 0.3) is 0 Å². The van der Waals surface area contributed by atoms with Gasteiger partial charge in [0.15, 0.2) is 0 Å². The van der Waals surface area contributed by atoms with Crippen LogP contribution in [0, 0.1) is 5.82 Å². The lowest BCUT2D eigenvalue weighted by molar-refractivity contribution is 0.0390. The minimum Gasteiger partial charge on any atom is -0.398 e. The molecule has 1 heterocycles. The zero-order valence-corrected chi connectivity index (χ0v) is 13.7. The topological polar surface area (TPSA) is 84.7 Å². The first-order valence-electron chi connectivity index (χ1n) is 6.44. The molecule has 6 nitrogen and oxygen atoms in total. The molecule has 0 radical (unpaired) electrons. The molecule has 0 spiro atoms. The van der Waals surface area contributed by atoms with Gasteiger partial charge >= 0.3 is 0 Å². The summed E-state index contributed by atoms with van der Waals surface area (Å²) in [6.07, 6.45) is 0. The number of nitrogens with zero attached hydrogens (tertiary/aromatic N) is 1. The Morgan fingerprint density at radius 1 is 1.38 bits per heavy atom. The highest BCUT2D eigenvalue weighted by atomic mass is 79.9. The Labute approximate surface area is 131 Å². The maximum absolute atomic E-state index is 13.3. The lowest BCUT2D eigenvalue weighted by Crippen LogP contribution is -2.41. The fourth-order valence-corrected chi connectivity index (χ4v) is 3.67. The number of nitrogen functional groups attached to an aromatic ring is 1. The Morgan fingerprint density at radius 2 is 2.05 bits per heavy atom. The SMILES string of the molecule is Nc1cc(F)c(Br)cc1S(=O)(=O)NCCN1CCOCC1. The second-order valence-electron chi connectivity index (χ2n) is 4.66. The predicted octanol–water partition coefficient (Wildman–Crippen LogP) is 0.781. The molecule has 2 rings (SSSR count). The summed E-state index contributed by atoms with van der Waals surface area (Å²) in [6.45, 7) is 3.73. The van der Waals surface area contributed by atoms with E-state index >= 15 is 0 Å². The fourth-order valence-electron chi connectivity index (χ4n) is 2.02. The van der Waals surface area contributed by atoms with Gasteiger partial charge in [0.05, 0.1) is 23.4 Å². The van der Waals surface area contributed by atoms with Crippen LogP contribution in [0.2, 0.25) is 0 Å². The lowest BCUT2D eigenvalue weighted by Gasteiger charge is -2.26. The summed E-state index contributed by atoms with van der Waals surface area (Å²) in [7, 11) is -3.76. The van der Waals surface area contributed by atoms with Crippen molar-refractivity contribution in [2.24, 2.45) is 0 Å². The molecule has 0 amide bonds. The van der Waals surface area contributed by atoms with Gasteiger partial charge in [-0.05, 0) is 28.1 Å². The van der Waals surface area contributed by atoms with Crippen molar-refractivity contribution in [3.05, 3.63) is 22.4 Å². The Bertz CT molecular complexity index is 606. The molecule has 1 fully saturated rings. The van der Waals surface area contributed by atoms with Crippen molar-refractivity contribution in [3.8, 4) is 0 Å². The van der Waals surface area contributed by atoms with E-state index in [1.807, 2.05) is 0 Å². The molecule has 21 heavy (non-hydrogen) atoms. The number of rotatable bonds is 5. The van der Waals surface area contributed by atoms with Gasteiger partial charge in [0.1, 0.15) is 10.7 Å². The summed E-state index contributed by atoms with van der Waals surface area (Å²) in [5, 5.41) is 0. The standard InChI is InChI=1S/C12H17BrFN3O3S/c13-9-7-12(11(15)8-10(9)14)21(18,19)16-1-2-17-3-5-20-6-4-17/h7-8,16H,1-6,15H2. The molecule has 1 aromatic carbocycles. The third kappa shape index (κ3) is 4.36. The number of morpholine rings is 1. The van der Waals surface area contributed by atoms with E-state index < -0.39 is 15.8 Å². The first-order chi connectivity index (χ1) is 9.90. The largest absolute Gasteiger partial charge is 0.398 e. The molecule has 0 unspecified atom stereocenters. The van der Waals surface area contributed by atoms with Crippen molar-refractivity contribution in [2.75, 3.05) is 45.1 Å². The summed E-state index contributed by atoms with van der Waals surface area (Å²) in [5.74, 6) is -0.597. The molecule has 3 N–H and O–H groups in total. The molecular formula is C12H17BrFN3O3S. The highest BCUT2D eigenvalue weighted by molar-refractivity contribution is 9.10. The van der Waals surface area contributed by atoms with Gasteiger partial charge in [0, 0.05) is 26.2 Å². The first-order valence-corrected chi connectivity index (χ1v) is 8.72. The number of nitrogens with one attached hydrogen (secondary N) is 1. The second-order valence-corrected chi connectivity index (χ2v) is 7.25. The molecule has 1 aliphatic rings. The summed E-state index contributed by atoms with van der Waals surface area (Å²) >= 11 is 2.96. The molecule has 0 bridgehead atoms. The van der Waals surface area contributed by atoms with Gasteiger partial charge in [-0.2, -0.15) is 0 Å². The highest BCUT2D eigenvalue weighted by Crippen LogP contribution is 2.25. The van der Waals surface area contributed by atoms with E-state index in [9.17, 15) is 12.8 Å². The van der Waals surface area contributed by atoms with Gasteiger partial charge < -0.3 is 10.5 Å². The summed E-state index contributed by atoms with van der Waals surface area (Å²) in [6, 6.07) is 2.16. The Balaban J connectivity index is 1.99. The van der Waals surface area contributed by atoms with Gasteiger partial charge in [-0.15, -0.1) is 0 Å². The zero-order chi connectivity index (χ0) is 15.5. The molecule has 1 aromatic rings. The Kier molecular flexibility index (Phi) is 5.55. The van der Waals surface area contributed by atoms with Gasteiger partial charge in [-0.1, -0.05) is 0 Å². The quantitative estimate of drug-likeness (QED) is 0.736. The number of anilines is 1. The number of nitrogens with two attached hydrogens (primary N) is 1. The van der Waals surface area contributed by atoms with Crippen LogP contribution in [-0.2, 0) is 14.8 Å². The molecule has 0 saturated carbocycles. The molecule has 9 heteroatoms. The van der Waals surface area contributed by atoms with Crippen molar-refractivity contribution in [3.63, 3.8) is 0 Å². The third-order valence-electron chi connectivity index (χ3n) is 3.17. The Morgan fingerprint density at radius 3 is 2.71 bits per heavy atom. The number of sulfonamides is 1. The maximum atomic E-state index is 13.3. The van der Waals surface area contributed by atoms with Crippen molar-refractivity contribution in [1.82, 2.24) is 9.62 Å². The molecular weight excluding hydrogens is 365 g/mol. The first kappa shape index (κ1) is 16.6. The minimum absolute atomic E-state index is 0.0604. The normalized spacial score (nSPS) is 17.0. The van der Waals surface area contributed by atoms with Crippen LogP contribution in [-0.4, -0.2) is 52.7 Å². The number of hydrogen-bond acceptors (Lipinski definition) is 5. The smallest absolute Gasteiger partial charge is 0.242 e. The van der Waals surface area contributed by atoms with Crippen LogP contribution in [0.1, 0.15) is 0 Å². The minimum atomic E-state index is -3.76. The van der Waals surface area contributed by atoms with Crippen LogP contribution in [0.4, 0.5) is 10.1 Å². The van der Waals surface area contributed by atoms with Crippen molar-refractivity contribution < 1.29 is 17.5 Å². The maximum Gasteiger partial charge on any atom is 0.242 e. The summed E-state index contributed by atoms with van der Waals surface area (Å²) in [4.78, 5) is 1.98. The van der Waals surface area contributed by atoms with E-state index in [0.29, 0.717) is 19.8 Å². The lowest BCUT2D eigenvalue weighted by atomic mass is 10.3. The zero-order valence-electron chi connectivity index (χ0n) is 11.3. The van der Waals surface area contributed by atoms with E-state index in [-0.39, 0.29) is 21.6 Å². The van der Waals surface area contributed by atoms with E-state index in [1.165, 1.54) is 6.07 Å². The number of ether oxygens (including phenoxy) is 1. The molecule has 0 atom stereocenters. The average Bonchev–Trinajstić information content (AvgIpc) is 2.43. The highest BCUT2D eigenvalue weighted by Gasteiger charge is 2.20. The van der Waals surface area contributed by atoms with Crippen LogP contribution in [0.3, 0.4) is 0 Å². The van der Waals surface area contributed by atoms with Crippen molar-refractivity contribution in [1.29, 1.82) is 0 Å². The van der Waals surface area contributed by atoms with Crippen molar-refractivity contribution >= 4 is 31.6 Å². The molecule has 0 aliphatic carbocycles. The summed E-state index contributed by atoms with van der Waals surface area (Å²) < 4.78 is 45.4. The third-order valence-corrected chi connectivity index (χ3v) is 5.29. The predicted molar refractivity (Wildman–Crippen MR) is 81.0 cm³/mol. The molecule has 1 saturated heterocycles. The van der Waals surface area contributed by atoms with E-state index in [0.717, 1.165) is 19.2 Å². The molecule has 1 aliphatic heterocycles.